The van der Waals surface area contributed by atoms with Gasteiger partial charge in [0.05, 0.1) is 5.54 Å². The van der Waals surface area contributed by atoms with Crippen LogP contribution in [-0.4, -0.2) is 32.0 Å². The molecule has 0 saturated heterocycles. The van der Waals surface area contributed by atoms with E-state index in [0.717, 1.165) is 13.1 Å². The van der Waals surface area contributed by atoms with Gasteiger partial charge in [-0.15, -0.1) is 6.58 Å². The summed E-state index contributed by atoms with van der Waals surface area (Å²) in [6.45, 7) is 17.6. The Bertz CT molecular complexity index is 519. The molecule has 0 radical (unpaired) electrons. The Balaban J connectivity index is 3.52. The minimum Gasteiger partial charge on any atom is -0.293 e. The van der Waals surface area contributed by atoms with Crippen LogP contribution >= 0.6 is 32.3 Å². The Hall–Kier alpha value is 0.620. The van der Waals surface area contributed by atoms with Crippen molar-refractivity contribution < 1.29 is 0 Å². The number of rotatable bonds is 29. The van der Waals surface area contributed by atoms with Crippen LogP contribution in [0.5, 0.6) is 0 Å². The van der Waals surface area contributed by atoms with E-state index in [1.54, 1.807) is 0 Å². The summed E-state index contributed by atoms with van der Waals surface area (Å²) in [5, 5.41) is 0. The summed E-state index contributed by atoms with van der Waals surface area (Å²) < 4.78 is 1.99. The molecule has 0 fully saturated rings. The molecule has 38 heavy (non-hydrogen) atoms. The van der Waals surface area contributed by atoms with E-state index in [1.807, 2.05) is 9.03 Å². The first-order valence-corrected chi connectivity index (χ1v) is 18.1. The number of nitrogens with zero attached hydrogens (tertiary/aromatic N) is 2. The summed E-state index contributed by atoms with van der Waals surface area (Å²) >= 11 is 7.23. The lowest BCUT2D eigenvalue weighted by Crippen LogP contribution is -2.61. The van der Waals surface area contributed by atoms with E-state index < -0.39 is 0 Å². The molecule has 0 aliphatic carbocycles. The van der Waals surface area contributed by atoms with E-state index in [0.29, 0.717) is 0 Å². The summed E-state index contributed by atoms with van der Waals surface area (Å²) in [5.41, 5.74) is -0.0379. The van der Waals surface area contributed by atoms with Crippen LogP contribution in [0.25, 0.3) is 0 Å². The van der Waals surface area contributed by atoms with Crippen molar-refractivity contribution in [2.75, 3.05) is 13.1 Å². The van der Waals surface area contributed by atoms with E-state index in [2.05, 4.69) is 78.4 Å². The van der Waals surface area contributed by atoms with Crippen LogP contribution in [0, 0.1) is 0 Å². The lowest BCUT2D eigenvalue weighted by Gasteiger charge is -2.50. The van der Waals surface area contributed by atoms with E-state index in [1.165, 1.54) is 148 Å². The molecule has 0 aromatic rings. The normalized spacial score (nSPS) is 12.7. The van der Waals surface area contributed by atoms with Crippen molar-refractivity contribution in [2.45, 2.75) is 193 Å². The highest BCUT2D eigenvalue weighted by molar-refractivity contribution is 9.21. The molecule has 0 aromatic heterocycles. The van der Waals surface area contributed by atoms with Gasteiger partial charge in [-0.2, -0.15) is 2.95 Å². The summed E-state index contributed by atoms with van der Waals surface area (Å²) in [6.07, 6.45) is 35.2. The minimum atomic E-state index is -0.0529. The van der Waals surface area contributed by atoms with Gasteiger partial charge in [0.25, 0.3) is 0 Å². The quantitative estimate of drug-likeness (QED) is 0.0446. The predicted octanol–water partition coefficient (Wildman–Crippen LogP) is 12.9. The van der Waals surface area contributed by atoms with Crippen LogP contribution in [0.3, 0.4) is 0 Å². The van der Waals surface area contributed by atoms with Crippen molar-refractivity contribution in [2.24, 2.45) is 0 Å². The monoisotopic (exact) mass is 662 g/mol. The minimum absolute atomic E-state index is 0.0150. The third-order valence-electron chi connectivity index (χ3n) is 9.09. The molecule has 0 aliphatic heterocycles. The molecule has 0 aromatic carbocycles. The molecular formula is C34H68Br2N2. The van der Waals surface area contributed by atoms with E-state index in [9.17, 15) is 0 Å². The molecule has 0 saturated carbocycles. The van der Waals surface area contributed by atoms with Gasteiger partial charge in [-0.3, -0.25) is 4.90 Å². The van der Waals surface area contributed by atoms with Crippen molar-refractivity contribution in [3.05, 3.63) is 12.7 Å². The Kier molecular flexibility index (Phi) is 25.8. The van der Waals surface area contributed by atoms with Crippen molar-refractivity contribution >= 4 is 32.3 Å². The van der Waals surface area contributed by atoms with Crippen LogP contribution in [0.2, 0.25) is 0 Å². The van der Waals surface area contributed by atoms with Crippen molar-refractivity contribution in [1.82, 2.24) is 7.85 Å². The van der Waals surface area contributed by atoms with Crippen LogP contribution in [0.1, 0.15) is 182 Å². The number of hydrogen-bond acceptors (Lipinski definition) is 2. The largest absolute Gasteiger partial charge is 0.293 e. The summed E-state index contributed by atoms with van der Waals surface area (Å²) in [7, 11) is 0. The topological polar surface area (TPSA) is 6.48 Å². The zero-order valence-electron chi connectivity index (χ0n) is 26.6. The third kappa shape index (κ3) is 18.9. The molecule has 0 heterocycles. The molecule has 2 nitrogen and oxygen atoms in total. The lowest BCUT2D eigenvalue weighted by molar-refractivity contribution is 0.0413. The molecule has 0 aliphatic rings. The van der Waals surface area contributed by atoms with Crippen LogP contribution in [0.4, 0.5) is 0 Å². The van der Waals surface area contributed by atoms with Crippen LogP contribution in [0.15, 0.2) is 12.7 Å². The average Bonchev–Trinajstić information content (AvgIpc) is 2.88. The Morgan fingerprint density at radius 2 is 0.789 bits per heavy atom. The standard InChI is InChI=1S/C34H68Br2N2/c1-7-9-10-11-12-13-14-15-16-17-18-19-20-21-22-23-24-25-26-27-28-29-30-32-37(31-8-2)33(3,4)34(5,6)38(35)36/h8H,2,7,9-32H2,1,3-6H3. The second-order valence-electron chi connectivity index (χ2n) is 12.9. The second-order valence-corrected chi connectivity index (χ2v) is 15.2. The molecule has 0 N–H and O–H groups in total. The smallest absolute Gasteiger partial charge is 0.0553 e. The van der Waals surface area contributed by atoms with Crippen molar-refractivity contribution in [1.29, 1.82) is 0 Å². The molecular weight excluding hydrogens is 596 g/mol. The zero-order valence-corrected chi connectivity index (χ0v) is 29.8. The fourth-order valence-electron chi connectivity index (χ4n) is 5.44. The van der Waals surface area contributed by atoms with Gasteiger partial charge >= 0.3 is 0 Å². The molecule has 0 unspecified atom stereocenters. The summed E-state index contributed by atoms with van der Waals surface area (Å²) in [4.78, 5) is 2.58. The number of halogens is 2. The third-order valence-corrected chi connectivity index (χ3v) is 10.9. The maximum absolute atomic E-state index is 4.00. The lowest BCUT2D eigenvalue weighted by atomic mass is 9.81. The van der Waals surface area contributed by atoms with Gasteiger partial charge in [0.1, 0.15) is 0 Å². The predicted molar refractivity (Wildman–Crippen MR) is 181 cm³/mol. The van der Waals surface area contributed by atoms with Crippen molar-refractivity contribution in [3.63, 3.8) is 0 Å². The number of unbranched alkanes of at least 4 members (excludes halogenated alkanes) is 22. The van der Waals surface area contributed by atoms with Gasteiger partial charge in [0.2, 0.25) is 0 Å². The average molecular weight is 665 g/mol. The zero-order chi connectivity index (χ0) is 28.5. The van der Waals surface area contributed by atoms with E-state index in [-0.39, 0.29) is 11.1 Å². The van der Waals surface area contributed by atoms with Gasteiger partial charge in [-0.25, -0.2) is 0 Å². The number of hydrogen-bond donors (Lipinski definition) is 0. The molecule has 0 amide bonds. The van der Waals surface area contributed by atoms with Crippen molar-refractivity contribution in [3.8, 4) is 0 Å². The summed E-state index contributed by atoms with van der Waals surface area (Å²) in [5.74, 6) is 0. The first-order valence-electron chi connectivity index (χ1n) is 16.7. The highest BCUT2D eigenvalue weighted by atomic mass is 79.9. The van der Waals surface area contributed by atoms with Gasteiger partial charge in [0, 0.05) is 44.4 Å². The van der Waals surface area contributed by atoms with E-state index >= 15 is 0 Å². The molecule has 0 spiro atoms. The maximum Gasteiger partial charge on any atom is 0.0553 e. The van der Waals surface area contributed by atoms with Crippen LogP contribution in [-0.2, 0) is 0 Å². The molecule has 4 heteroatoms. The molecule has 0 atom stereocenters. The Labute approximate surface area is 258 Å². The van der Waals surface area contributed by atoms with Gasteiger partial charge in [-0.1, -0.05) is 154 Å². The fourth-order valence-corrected chi connectivity index (χ4v) is 6.30. The fraction of sp³-hybridized carbons (Fsp3) is 0.941. The SMILES string of the molecule is C=CCN(CCCCCCCCCCCCCCCCCCCCCCCCC)C(C)(C)C(C)(C)N(Br)Br. The maximum atomic E-state index is 4.00. The highest BCUT2D eigenvalue weighted by Gasteiger charge is 2.44. The van der Waals surface area contributed by atoms with Gasteiger partial charge in [-0.05, 0) is 40.7 Å². The van der Waals surface area contributed by atoms with Gasteiger partial charge in [0.15, 0.2) is 0 Å². The van der Waals surface area contributed by atoms with E-state index in [4.69, 9.17) is 0 Å². The van der Waals surface area contributed by atoms with Crippen LogP contribution < -0.4 is 0 Å². The highest BCUT2D eigenvalue weighted by Crippen LogP contribution is 2.37. The Morgan fingerprint density at radius 1 is 0.500 bits per heavy atom. The first-order chi connectivity index (χ1) is 18.2. The molecule has 0 bridgehead atoms. The molecule has 228 valence electrons. The van der Waals surface area contributed by atoms with Gasteiger partial charge < -0.3 is 0 Å². The summed E-state index contributed by atoms with van der Waals surface area (Å²) in [6, 6.07) is 0. The first kappa shape index (κ1) is 38.6. The second kappa shape index (κ2) is 25.3. The Morgan fingerprint density at radius 3 is 1.05 bits per heavy atom. The molecule has 0 rings (SSSR count).